The molecule has 1 unspecified atom stereocenters. The predicted molar refractivity (Wildman–Crippen MR) is 51.4 cm³/mol. The zero-order valence-corrected chi connectivity index (χ0v) is 8.30. The first-order chi connectivity index (χ1) is 5.59. The molecule has 0 aromatic heterocycles. The molecule has 0 heterocycles. The van der Waals surface area contributed by atoms with Gasteiger partial charge in [-0.3, -0.25) is 4.79 Å². The van der Waals surface area contributed by atoms with Crippen LogP contribution in [0.3, 0.4) is 0 Å². The van der Waals surface area contributed by atoms with E-state index in [2.05, 4.69) is 0 Å². The van der Waals surface area contributed by atoms with E-state index in [-0.39, 0.29) is 6.61 Å². The minimum atomic E-state index is -0.913. The Hall–Kier alpha value is -0.260. The van der Waals surface area contributed by atoms with Gasteiger partial charge in [0.05, 0.1) is 0 Å². The van der Waals surface area contributed by atoms with E-state index in [1.165, 1.54) is 0 Å². The number of thioether (sulfide) groups is 1. The quantitative estimate of drug-likeness (QED) is 0.594. The molecule has 0 aliphatic rings. The van der Waals surface area contributed by atoms with Crippen molar-refractivity contribution in [2.75, 3.05) is 18.6 Å². The Kier molecular flexibility index (Phi) is 12.8. The summed E-state index contributed by atoms with van der Waals surface area (Å²) in [6, 6.07) is -0.683. The van der Waals surface area contributed by atoms with Gasteiger partial charge in [-0.25, -0.2) is 0 Å². The number of nitrogens with two attached hydrogens (primary N) is 1. The van der Waals surface area contributed by atoms with Gasteiger partial charge in [-0.15, -0.1) is 0 Å². The zero-order chi connectivity index (χ0) is 9.98. The molecular formula is C7H17NO3S. The van der Waals surface area contributed by atoms with E-state index in [9.17, 15) is 4.79 Å². The molecule has 0 saturated heterocycles. The van der Waals surface area contributed by atoms with Crippen LogP contribution in [0.5, 0.6) is 0 Å². The molecule has 0 saturated carbocycles. The van der Waals surface area contributed by atoms with E-state index < -0.39 is 12.0 Å². The molecule has 0 bridgehead atoms. The number of aliphatic hydroxyl groups is 1. The van der Waals surface area contributed by atoms with Crippen molar-refractivity contribution in [1.29, 1.82) is 0 Å². The van der Waals surface area contributed by atoms with Crippen LogP contribution in [0.2, 0.25) is 0 Å². The van der Waals surface area contributed by atoms with E-state index in [0.29, 0.717) is 6.42 Å². The molecule has 0 aromatic carbocycles. The van der Waals surface area contributed by atoms with Crippen molar-refractivity contribution in [1.82, 2.24) is 0 Å². The van der Waals surface area contributed by atoms with E-state index in [4.69, 9.17) is 15.9 Å². The zero-order valence-electron chi connectivity index (χ0n) is 7.49. The lowest BCUT2D eigenvalue weighted by Gasteiger charge is -2.02. The van der Waals surface area contributed by atoms with E-state index in [1.807, 2.05) is 6.26 Å². The lowest BCUT2D eigenvalue weighted by Crippen LogP contribution is -2.30. The van der Waals surface area contributed by atoms with Gasteiger partial charge in [0.25, 0.3) is 0 Å². The molecule has 74 valence electrons. The maximum Gasteiger partial charge on any atom is 0.320 e. The number of rotatable bonds is 4. The van der Waals surface area contributed by atoms with E-state index >= 15 is 0 Å². The van der Waals surface area contributed by atoms with Crippen LogP contribution in [-0.4, -0.2) is 40.8 Å². The van der Waals surface area contributed by atoms with Crippen molar-refractivity contribution in [2.45, 2.75) is 19.4 Å². The second-order valence-electron chi connectivity index (χ2n) is 2.04. The normalized spacial score (nSPS) is 11.3. The Morgan fingerprint density at radius 3 is 2.33 bits per heavy atom. The number of hydrogen-bond acceptors (Lipinski definition) is 4. The fourth-order valence-corrected chi connectivity index (χ4v) is 0.858. The van der Waals surface area contributed by atoms with Crippen molar-refractivity contribution in [2.24, 2.45) is 5.73 Å². The van der Waals surface area contributed by atoms with Crippen molar-refractivity contribution >= 4 is 17.7 Å². The topological polar surface area (TPSA) is 83.5 Å². The Morgan fingerprint density at radius 2 is 2.08 bits per heavy atom. The Balaban J connectivity index is 0. The molecule has 0 aromatic rings. The number of aliphatic carboxylic acids is 1. The fraction of sp³-hybridized carbons (Fsp3) is 0.857. The predicted octanol–water partition coefficient (Wildman–Crippen LogP) is 0.150. The van der Waals surface area contributed by atoms with Crippen molar-refractivity contribution < 1.29 is 15.0 Å². The van der Waals surface area contributed by atoms with Crippen molar-refractivity contribution in [3.05, 3.63) is 0 Å². The van der Waals surface area contributed by atoms with Crippen LogP contribution in [0.1, 0.15) is 13.3 Å². The van der Waals surface area contributed by atoms with Crippen LogP contribution in [0.25, 0.3) is 0 Å². The average Bonchev–Trinajstić information content (AvgIpc) is 2.01. The summed E-state index contributed by atoms with van der Waals surface area (Å²) in [6.45, 7) is 1.93. The first-order valence-corrected chi connectivity index (χ1v) is 5.07. The minimum Gasteiger partial charge on any atom is -0.480 e. The van der Waals surface area contributed by atoms with Crippen LogP contribution in [0, 0.1) is 0 Å². The molecule has 4 N–H and O–H groups in total. The van der Waals surface area contributed by atoms with Crippen LogP contribution in [-0.2, 0) is 4.79 Å². The molecule has 0 aliphatic carbocycles. The molecule has 4 nitrogen and oxygen atoms in total. The average molecular weight is 195 g/mol. The third-order valence-corrected chi connectivity index (χ3v) is 1.59. The van der Waals surface area contributed by atoms with Crippen molar-refractivity contribution in [3.63, 3.8) is 0 Å². The molecule has 1 atom stereocenters. The highest BCUT2D eigenvalue weighted by molar-refractivity contribution is 7.98. The van der Waals surface area contributed by atoms with Gasteiger partial charge in [-0.1, -0.05) is 0 Å². The molecule has 0 amide bonds. The first-order valence-electron chi connectivity index (χ1n) is 3.68. The monoisotopic (exact) mass is 195 g/mol. The third kappa shape index (κ3) is 12.4. The summed E-state index contributed by atoms with van der Waals surface area (Å²) in [4.78, 5) is 10.1. The second-order valence-corrected chi connectivity index (χ2v) is 3.03. The Bertz CT molecular complexity index is 111. The first kappa shape index (κ1) is 14.3. The summed E-state index contributed by atoms with van der Waals surface area (Å²) in [7, 11) is 0. The van der Waals surface area contributed by atoms with E-state index in [0.717, 1.165) is 5.75 Å². The van der Waals surface area contributed by atoms with Gasteiger partial charge in [0.1, 0.15) is 6.04 Å². The largest absolute Gasteiger partial charge is 0.480 e. The van der Waals surface area contributed by atoms with Gasteiger partial charge in [0, 0.05) is 6.61 Å². The van der Waals surface area contributed by atoms with E-state index in [1.54, 1.807) is 18.7 Å². The third-order valence-electron chi connectivity index (χ3n) is 0.950. The highest BCUT2D eigenvalue weighted by Crippen LogP contribution is 1.97. The Labute approximate surface area is 77.1 Å². The number of carboxylic acid groups (broad SMARTS) is 1. The molecule has 0 aliphatic heterocycles. The summed E-state index contributed by atoms with van der Waals surface area (Å²) in [5.41, 5.74) is 5.19. The Morgan fingerprint density at radius 1 is 1.67 bits per heavy atom. The number of carboxylic acids is 1. The maximum atomic E-state index is 10.1. The molecule has 0 spiro atoms. The van der Waals surface area contributed by atoms with Crippen LogP contribution < -0.4 is 5.73 Å². The summed E-state index contributed by atoms with van der Waals surface area (Å²) >= 11 is 1.60. The van der Waals surface area contributed by atoms with Gasteiger partial charge in [0.2, 0.25) is 0 Å². The lowest BCUT2D eigenvalue weighted by molar-refractivity contribution is -0.138. The van der Waals surface area contributed by atoms with Gasteiger partial charge < -0.3 is 15.9 Å². The van der Waals surface area contributed by atoms with Crippen LogP contribution >= 0.6 is 11.8 Å². The molecule has 12 heavy (non-hydrogen) atoms. The van der Waals surface area contributed by atoms with Gasteiger partial charge >= 0.3 is 5.97 Å². The number of aliphatic hydroxyl groups excluding tert-OH is 1. The molecular weight excluding hydrogens is 178 g/mol. The molecule has 5 heteroatoms. The van der Waals surface area contributed by atoms with Crippen molar-refractivity contribution in [3.8, 4) is 0 Å². The van der Waals surface area contributed by atoms with Crippen LogP contribution in [0.15, 0.2) is 0 Å². The van der Waals surface area contributed by atoms with Gasteiger partial charge in [-0.05, 0) is 25.4 Å². The maximum absolute atomic E-state index is 10.1. The molecule has 0 rings (SSSR count). The number of hydrogen-bond donors (Lipinski definition) is 3. The SMILES string of the molecule is CCO.CSCCC(N)C(=O)O. The second kappa shape index (κ2) is 10.7. The number of carbonyl (C=O) groups is 1. The summed E-state index contributed by atoms with van der Waals surface area (Å²) in [5.74, 6) is -0.1000. The summed E-state index contributed by atoms with van der Waals surface area (Å²) < 4.78 is 0. The van der Waals surface area contributed by atoms with Gasteiger partial charge in [0.15, 0.2) is 0 Å². The standard InChI is InChI=1S/C5H11NO2S.C2H6O/c1-9-3-2-4(6)5(7)8;1-2-3/h4H,2-3,6H2,1H3,(H,7,8);3H,2H2,1H3. The van der Waals surface area contributed by atoms with Gasteiger partial charge in [-0.2, -0.15) is 11.8 Å². The molecule has 0 fully saturated rings. The smallest absolute Gasteiger partial charge is 0.320 e. The highest BCUT2D eigenvalue weighted by atomic mass is 32.2. The summed E-state index contributed by atoms with van der Waals surface area (Å²) in [6.07, 6.45) is 2.48. The lowest BCUT2D eigenvalue weighted by atomic mass is 10.2. The van der Waals surface area contributed by atoms with Crippen LogP contribution in [0.4, 0.5) is 0 Å². The highest BCUT2D eigenvalue weighted by Gasteiger charge is 2.08. The minimum absolute atomic E-state index is 0.250. The fourth-order valence-electron chi connectivity index (χ4n) is 0.368. The summed E-state index contributed by atoms with van der Waals surface area (Å²) in [5, 5.41) is 15.8. The molecule has 0 radical (unpaired) electrons.